The minimum atomic E-state index is -1.22. The summed E-state index contributed by atoms with van der Waals surface area (Å²) in [6, 6.07) is -1.22. The Labute approximate surface area is 58.6 Å². The van der Waals surface area contributed by atoms with E-state index in [4.69, 9.17) is 21.7 Å². The second-order valence-corrected chi connectivity index (χ2v) is 2.01. The molecule has 1 unspecified atom stereocenters. The first-order chi connectivity index (χ1) is 4.59. The van der Waals surface area contributed by atoms with Gasteiger partial charge in [0.25, 0.3) is 0 Å². The SMILES string of the molecule is NCCC(O)[C@@H](N)C(=O)O. The van der Waals surface area contributed by atoms with Crippen LogP contribution >= 0.6 is 0 Å². The fraction of sp³-hybridized carbons (Fsp3) is 0.800. The predicted octanol–water partition coefficient (Wildman–Crippen LogP) is -1.89. The standard InChI is InChI=1S/C5H12N2O3/c6-2-1-3(8)4(7)5(9)10/h3-4,8H,1-2,6-7H2,(H,9,10)/t3?,4-/m1/s1. The van der Waals surface area contributed by atoms with Crippen LogP contribution in [-0.2, 0) is 4.79 Å². The predicted molar refractivity (Wildman–Crippen MR) is 35.3 cm³/mol. The Morgan fingerprint density at radius 2 is 2.10 bits per heavy atom. The summed E-state index contributed by atoms with van der Waals surface area (Å²) in [6.45, 7) is 0.238. The van der Waals surface area contributed by atoms with Gasteiger partial charge in [0.05, 0.1) is 6.10 Å². The number of hydrogen-bond acceptors (Lipinski definition) is 4. The molecule has 5 heteroatoms. The van der Waals surface area contributed by atoms with E-state index in [-0.39, 0.29) is 13.0 Å². The number of carboxylic acids is 1. The van der Waals surface area contributed by atoms with Crippen molar-refractivity contribution in [3.8, 4) is 0 Å². The molecule has 0 aromatic heterocycles. The summed E-state index contributed by atoms with van der Waals surface area (Å²) in [6.07, 6.45) is -0.824. The van der Waals surface area contributed by atoms with E-state index >= 15 is 0 Å². The van der Waals surface area contributed by atoms with Crippen LogP contribution in [0.4, 0.5) is 0 Å². The number of aliphatic hydroxyl groups excluding tert-OH is 1. The van der Waals surface area contributed by atoms with Crippen LogP contribution in [0.1, 0.15) is 6.42 Å². The number of aliphatic hydroxyl groups is 1. The second-order valence-electron chi connectivity index (χ2n) is 2.01. The molecule has 5 nitrogen and oxygen atoms in total. The van der Waals surface area contributed by atoms with Crippen molar-refractivity contribution >= 4 is 5.97 Å². The van der Waals surface area contributed by atoms with Crippen molar-refractivity contribution in [1.82, 2.24) is 0 Å². The zero-order chi connectivity index (χ0) is 8.15. The summed E-state index contributed by atoms with van der Waals surface area (Å²) in [5, 5.41) is 17.2. The van der Waals surface area contributed by atoms with Crippen molar-refractivity contribution in [3.63, 3.8) is 0 Å². The van der Waals surface area contributed by atoms with Crippen LogP contribution in [0.3, 0.4) is 0 Å². The van der Waals surface area contributed by atoms with Crippen molar-refractivity contribution in [2.45, 2.75) is 18.6 Å². The molecule has 0 aliphatic carbocycles. The molecule has 0 rings (SSSR count). The van der Waals surface area contributed by atoms with Gasteiger partial charge in [-0.2, -0.15) is 0 Å². The largest absolute Gasteiger partial charge is 0.480 e. The second kappa shape index (κ2) is 4.21. The molecule has 2 atom stereocenters. The van der Waals surface area contributed by atoms with Gasteiger partial charge in [-0.05, 0) is 13.0 Å². The summed E-state index contributed by atoms with van der Waals surface area (Å²) in [5.74, 6) is -1.21. The minimum absolute atomic E-state index is 0.216. The van der Waals surface area contributed by atoms with Gasteiger partial charge in [-0.15, -0.1) is 0 Å². The van der Waals surface area contributed by atoms with E-state index in [0.717, 1.165) is 0 Å². The molecule has 0 aromatic rings. The molecule has 0 aliphatic rings. The fourth-order valence-electron chi connectivity index (χ4n) is 0.515. The summed E-state index contributed by atoms with van der Waals surface area (Å²) in [7, 11) is 0. The van der Waals surface area contributed by atoms with Gasteiger partial charge in [0, 0.05) is 0 Å². The highest BCUT2D eigenvalue weighted by atomic mass is 16.4. The lowest BCUT2D eigenvalue weighted by Gasteiger charge is -2.12. The third-order valence-electron chi connectivity index (χ3n) is 1.16. The summed E-state index contributed by atoms with van der Waals surface area (Å²) >= 11 is 0. The average Bonchev–Trinajstić information content (AvgIpc) is 1.87. The molecule has 0 aromatic carbocycles. The Morgan fingerprint density at radius 1 is 1.60 bits per heavy atom. The van der Waals surface area contributed by atoms with Crippen LogP contribution in [0.2, 0.25) is 0 Å². The molecule has 0 spiro atoms. The molecule has 0 amide bonds. The molecule has 0 aliphatic heterocycles. The third kappa shape index (κ3) is 2.77. The van der Waals surface area contributed by atoms with Crippen LogP contribution < -0.4 is 11.5 Å². The zero-order valence-corrected chi connectivity index (χ0v) is 5.53. The van der Waals surface area contributed by atoms with Crippen LogP contribution in [0.15, 0.2) is 0 Å². The van der Waals surface area contributed by atoms with Crippen LogP contribution in [0.5, 0.6) is 0 Å². The number of nitrogens with two attached hydrogens (primary N) is 2. The maximum absolute atomic E-state index is 10.1. The Hall–Kier alpha value is -0.650. The molecule has 0 heterocycles. The molecule has 0 radical (unpaired) electrons. The van der Waals surface area contributed by atoms with E-state index in [0.29, 0.717) is 0 Å². The summed E-state index contributed by atoms with van der Waals surface area (Å²) in [5.41, 5.74) is 10.1. The van der Waals surface area contributed by atoms with Gasteiger partial charge in [-0.25, -0.2) is 0 Å². The highest BCUT2D eigenvalue weighted by molar-refractivity contribution is 5.73. The average molecular weight is 148 g/mol. The normalized spacial score (nSPS) is 16.3. The first-order valence-corrected chi connectivity index (χ1v) is 2.96. The first-order valence-electron chi connectivity index (χ1n) is 2.96. The van der Waals surface area contributed by atoms with Crippen LogP contribution in [0.25, 0.3) is 0 Å². The molecule has 0 bridgehead atoms. The van der Waals surface area contributed by atoms with Crippen molar-refractivity contribution in [3.05, 3.63) is 0 Å². The van der Waals surface area contributed by atoms with Gasteiger partial charge in [0.2, 0.25) is 0 Å². The fourth-order valence-corrected chi connectivity index (χ4v) is 0.515. The van der Waals surface area contributed by atoms with E-state index in [1.165, 1.54) is 0 Å². The maximum atomic E-state index is 10.1. The van der Waals surface area contributed by atoms with Gasteiger partial charge in [0.15, 0.2) is 0 Å². The quantitative estimate of drug-likeness (QED) is 0.372. The lowest BCUT2D eigenvalue weighted by atomic mass is 10.1. The van der Waals surface area contributed by atoms with Gasteiger partial charge in [-0.1, -0.05) is 0 Å². The van der Waals surface area contributed by atoms with Crippen molar-refractivity contribution in [2.75, 3.05) is 6.54 Å². The lowest BCUT2D eigenvalue weighted by molar-refractivity contribution is -0.141. The number of aliphatic carboxylic acids is 1. The molecular formula is C5H12N2O3. The maximum Gasteiger partial charge on any atom is 0.323 e. The molecule has 60 valence electrons. The monoisotopic (exact) mass is 148 g/mol. The highest BCUT2D eigenvalue weighted by Gasteiger charge is 2.20. The number of carboxylic acid groups (broad SMARTS) is 1. The Morgan fingerprint density at radius 3 is 2.40 bits per heavy atom. The first kappa shape index (κ1) is 9.35. The van der Waals surface area contributed by atoms with Crippen molar-refractivity contribution in [1.29, 1.82) is 0 Å². The number of rotatable bonds is 4. The third-order valence-corrected chi connectivity index (χ3v) is 1.16. The van der Waals surface area contributed by atoms with Gasteiger partial charge >= 0.3 is 5.97 Å². The summed E-state index contributed by atoms with van der Waals surface area (Å²) < 4.78 is 0. The van der Waals surface area contributed by atoms with Crippen molar-refractivity contribution < 1.29 is 15.0 Å². The molecule has 10 heavy (non-hydrogen) atoms. The minimum Gasteiger partial charge on any atom is -0.480 e. The van der Waals surface area contributed by atoms with Gasteiger partial charge < -0.3 is 21.7 Å². The number of hydrogen-bond donors (Lipinski definition) is 4. The van der Waals surface area contributed by atoms with E-state index in [1.807, 2.05) is 0 Å². The van der Waals surface area contributed by atoms with Gasteiger partial charge in [-0.3, -0.25) is 4.79 Å². The topological polar surface area (TPSA) is 110 Å². The molecule has 6 N–H and O–H groups in total. The molecular weight excluding hydrogens is 136 g/mol. The van der Waals surface area contributed by atoms with E-state index < -0.39 is 18.1 Å². The van der Waals surface area contributed by atoms with E-state index in [1.54, 1.807) is 0 Å². The van der Waals surface area contributed by atoms with Crippen molar-refractivity contribution in [2.24, 2.45) is 11.5 Å². The number of carbonyl (C=O) groups is 1. The molecule has 0 saturated heterocycles. The highest BCUT2D eigenvalue weighted by Crippen LogP contribution is 1.94. The molecule has 0 fully saturated rings. The smallest absolute Gasteiger partial charge is 0.323 e. The van der Waals surface area contributed by atoms with E-state index in [2.05, 4.69) is 0 Å². The Balaban J connectivity index is 3.69. The Kier molecular flexibility index (Phi) is 3.94. The zero-order valence-electron chi connectivity index (χ0n) is 5.53. The Bertz CT molecular complexity index is 117. The van der Waals surface area contributed by atoms with Crippen LogP contribution in [-0.4, -0.2) is 34.9 Å². The van der Waals surface area contributed by atoms with Crippen LogP contribution in [0, 0.1) is 0 Å². The summed E-state index contributed by atoms with van der Waals surface area (Å²) in [4.78, 5) is 10.1. The molecule has 0 saturated carbocycles. The van der Waals surface area contributed by atoms with E-state index in [9.17, 15) is 4.79 Å². The van der Waals surface area contributed by atoms with Gasteiger partial charge in [0.1, 0.15) is 6.04 Å². The lowest BCUT2D eigenvalue weighted by Crippen LogP contribution is -2.42.